The first kappa shape index (κ1) is 14.9. The Labute approximate surface area is 138 Å². The van der Waals surface area contributed by atoms with Gasteiger partial charge >= 0.3 is 0 Å². The van der Waals surface area contributed by atoms with Crippen molar-refractivity contribution in [1.29, 1.82) is 0 Å². The van der Waals surface area contributed by atoms with Crippen molar-refractivity contribution in [2.45, 2.75) is 13.8 Å². The lowest BCUT2D eigenvalue weighted by Gasteiger charge is -2.20. The second-order valence-corrected chi connectivity index (χ2v) is 6.69. The average Bonchev–Trinajstić information content (AvgIpc) is 2.94. The van der Waals surface area contributed by atoms with Crippen molar-refractivity contribution in [3.63, 3.8) is 0 Å². The van der Waals surface area contributed by atoms with Crippen LogP contribution in [0.5, 0.6) is 5.75 Å². The molecule has 1 fully saturated rings. The minimum atomic E-state index is -0.134. The number of benzene rings is 1. The molecule has 0 bridgehead atoms. The Bertz CT molecular complexity index is 771. The highest BCUT2D eigenvalue weighted by Crippen LogP contribution is 2.32. The van der Waals surface area contributed by atoms with Crippen LogP contribution in [0.1, 0.15) is 17.0 Å². The lowest BCUT2D eigenvalue weighted by molar-refractivity contribution is -0.114. The maximum absolute atomic E-state index is 12.7. The Hall–Kier alpha value is -2.05. The third-order valence-corrected chi connectivity index (χ3v) is 4.68. The third kappa shape index (κ3) is 2.55. The summed E-state index contributed by atoms with van der Waals surface area (Å²) in [6.45, 7) is 3.88. The van der Waals surface area contributed by atoms with Gasteiger partial charge in [0.1, 0.15) is 5.75 Å². The molecule has 1 N–H and O–H groups in total. The van der Waals surface area contributed by atoms with Gasteiger partial charge in [0.15, 0.2) is 4.32 Å². The third-order valence-electron chi connectivity index (χ3n) is 3.40. The van der Waals surface area contributed by atoms with Crippen molar-refractivity contribution in [1.82, 2.24) is 4.68 Å². The van der Waals surface area contributed by atoms with Gasteiger partial charge in [-0.25, -0.2) is 0 Å². The van der Waals surface area contributed by atoms with Gasteiger partial charge in [0.2, 0.25) is 0 Å². The zero-order valence-electron chi connectivity index (χ0n) is 12.1. The first-order chi connectivity index (χ1) is 10.5. The zero-order chi connectivity index (χ0) is 15.9. The molecule has 6 heteroatoms. The van der Waals surface area contributed by atoms with E-state index in [0.717, 1.165) is 17.0 Å². The van der Waals surface area contributed by atoms with Crippen molar-refractivity contribution >= 4 is 40.3 Å². The van der Waals surface area contributed by atoms with Gasteiger partial charge in [-0.05, 0) is 62.0 Å². The smallest absolute Gasteiger partial charge is 0.285 e. The molecule has 0 radical (unpaired) electrons. The number of aromatic nitrogens is 1. The van der Waals surface area contributed by atoms with E-state index in [2.05, 4.69) is 0 Å². The Morgan fingerprint density at radius 1 is 1.09 bits per heavy atom. The van der Waals surface area contributed by atoms with Gasteiger partial charge in [0.25, 0.3) is 5.91 Å². The minimum Gasteiger partial charge on any atom is -0.508 e. The minimum absolute atomic E-state index is 0.134. The number of aromatic hydroxyl groups is 1. The molecule has 1 aliphatic rings. The topological polar surface area (TPSA) is 45.5 Å². The summed E-state index contributed by atoms with van der Waals surface area (Å²) in [6, 6.07) is 10.6. The second kappa shape index (κ2) is 5.62. The molecule has 1 aromatic heterocycles. The first-order valence-electron chi connectivity index (χ1n) is 6.69. The van der Waals surface area contributed by atoms with E-state index in [0.29, 0.717) is 9.23 Å². The van der Waals surface area contributed by atoms with Gasteiger partial charge in [-0.3, -0.25) is 9.47 Å². The molecule has 4 nitrogen and oxygen atoms in total. The monoisotopic (exact) mass is 330 g/mol. The van der Waals surface area contributed by atoms with E-state index in [1.54, 1.807) is 30.3 Å². The molecule has 1 amide bonds. The fraction of sp³-hybridized carbons (Fsp3) is 0.125. The number of carbonyl (C=O) groups excluding carboxylic acids is 1. The van der Waals surface area contributed by atoms with Gasteiger partial charge in [0.05, 0.1) is 4.91 Å². The van der Waals surface area contributed by atoms with E-state index in [1.807, 2.05) is 30.7 Å². The van der Waals surface area contributed by atoms with Crippen LogP contribution in [0, 0.1) is 13.8 Å². The number of thiocarbonyl (C=S) groups is 1. The summed E-state index contributed by atoms with van der Waals surface area (Å²) in [7, 11) is 0. The summed E-state index contributed by atoms with van der Waals surface area (Å²) in [4.78, 5) is 13.2. The lowest BCUT2D eigenvalue weighted by Crippen LogP contribution is -2.39. The van der Waals surface area contributed by atoms with Gasteiger partial charge in [-0.15, -0.1) is 0 Å². The lowest BCUT2D eigenvalue weighted by atomic mass is 10.2. The quantitative estimate of drug-likeness (QED) is 0.677. The molecule has 0 saturated carbocycles. The molecule has 0 unspecified atom stereocenters. The number of phenols is 1. The number of thioether (sulfide) groups is 1. The molecule has 2 aromatic rings. The Kier molecular flexibility index (Phi) is 3.80. The van der Waals surface area contributed by atoms with Crippen LogP contribution >= 0.6 is 24.0 Å². The largest absolute Gasteiger partial charge is 0.508 e. The van der Waals surface area contributed by atoms with Crippen LogP contribution < -0.4 is 5.01 Å². The summed E-state index contributed by atoms with van der Waals surface area (Å²) >= 11 is 6.65. The maximum atomic E-state index is 12.7. The maximum Gasteiger partial charge on any atom is 0.285 e. The van der Waals surface area contributed by atoms with Crippen LogP contribution in [0.2, 0.25) is 0 Å². The fourth-order valence-electron chi connectivity index (χ4n) is 2.33. The van der Waals surface area contributed by atoms with E-state index in [4.69, 9.17) is 12.2 Å². The summed E-state index contributed by atoms with van der Waals surface area (Å²) in [6.07, 6.45) is 1.78. The van der Waals surface area contributed by atoms with Crippen LogP contribution in [0.4, 0.5) is 0 Å². The number of amides is 1. The van der Waals surface area contributed by atoms with Gasteiger partial charge in [0, 0.05) is 11.4 Å². The summed E-state index contributed by atoms with van der Waals surface area (Å²) in [5.41, 5.74) is 2.76. The highest BCUT2D eigenvalue weighted by molar-refractivity contribution is 8.27. The predicted octanol–water partition coefficient (Wildman–Crippen LogP) is 3.35. The SMILES string of the molecule is Cc1ccc(C)n1N1C(=O)/C(=C\c2ccc(O)cc2)SC1=S. The van der Waals surface area contributed by atoms with E-state index in [1.165, 1.54) is 16.8 Å². The van der Waals surface area contributed by atoms with Crippen molar-refractivity contribution in [3.8, 4) is 5.75 Å². The zero-order valence-corrected chi connectivity index (χ0v) is 13.7. The predicted molar refractivity (Wildman–Crippen MR) is 93.4 cm³/mol. The highest BCUT2D eigenvalue weighted by Gasteiger charge is 2.34. The Morgan fingerprint density at radius 3 is 2.27 bits per heavy atom. The standard InChI is InChI=1S/C16H14N2O2S2/c1-10-3-4-11(2)17(10)18-15(20)14(22-16(18)21)9-12-5-7-13(19)8-6-12/h3-9,19H,1-2H3/b14-9+. The molecule has 1 aliphatic heterocycles. The van der Waals surface area contributed by atoms with E-state index in [9.17, 15) is 9.90 Å². The molecule has 1 aromatic carbocycles. The molecule has 22 heavy (non-hydrogen) atoms. The average molecular weight is 330 g/mol. The van der Waals surface area contributed by atoms with Gasteiger partial charge < -0.3 is 5.11 Å². The molecular weight excluding hydrogens is 316 g/mol. The number of nitrogens with zero attached hydrogens (tertiary/aromatic N) is 2. The number of aryl methyl sites for hydroxylation is 2. The Morgan fingerprint density at radius 2 is 1.68 bits per heavy atom. The molecule has 0 atom stereocenters. The number of hydrogen-bond donors (Lipinski definition) is 1. The van der Waals surface area contributed by atoms with E-state index in [-0.39, 0.29) is 11.7 Å². The molecular formula is C16H14N2O2S2. The van der Waals surface area contributed by atoms with Gasteiger partial charge in [-0.1, -0.05) is 23.9 Å². The van der Waals surface area contributed by atoms with Crippen LogP contribution in [0.3, 0.4) is 0 Å². The molecule has 112 valence electrons. The van der Waals surface area contributed by atoms with Crippen LogP contribution in [-0.4, -0.2) is 20.0 Å². The van der Waals surface area contributed by atoms with Crippen molar-refractivity contribution in [2.24, 2.45) is 0 Å². The van der Waals surface area contributed by atoms with Gasteiger partial charge in [-0.2, -0.15) is 5.01 Å². The molecule has 3 rings (SSSR count). The molecule has 0 spiro atoms. The molecule has 2 heterocycles. The van der Waals surface area contributed by atoms with Crippen LogP contribution in [0.15, 0.2) is 41.3 Å². The van der Waals surface area contributed by atoms with Crippen LogP contribution in [-0.2, 0) is 4.79 Å². The number of rotatable bonds is 2. The fourth-order valence-corrected chi connectivity index (χ4v) is 3.57. The van der Waals surface area contributed by atoms with Crippen molar-refractivity contribution < 1.29 is 9.90 Å². The first-order valence-corrected chi connectivity index (χ1v) is 7.92. The number of phenolic OH excluding ortho intramolecular Hbond substituents is 1. The van der Waals surface area contributed by atoms with Crippen molar-refractivity contribution in [3.05, 3.63) is 58.3 Å². The van der Waals surface area contributed by atoms with E-state index < -0.39 is 0 Å². The normalized spacial score (nSPS) is 16.8. The van der Waals surface area contributed by atoms with E-state index >= 15 is 0 Å². The second-order valence-electron chi connectivity index (χ2n) is 5.01. The number of hydrogen-bond acceptors (Lipinski definition) is 4. The summed E-state index contributed by atoms with van der Waals surface area (Å²) in [5, 5.41) is 10.8. The number of carbonyl (C=O) groups is 1. The molecule has 1 saturated heterocycles. The summed E-state index contributed by atoms with van der Waals surface area (Å²) < 4.78 is 2.34. The summed E-state index contributed by atoms with van der Waals surface area (Å²) in [5.74, 6) is 0.0637. The van der Waals surface area contributed by atoms with Crippen molar-refractivity contribution in [2.75, 3.05) is 5.01 Å². The Balaban J connectivity index is 1.96. The van der Waals surface area contributed by atoms with Crippen LogP contribution in [0.25, 0.3) is 6.08 Å². The molecule has 0 aliphatic carbocycles. The highest BCUT2D eigenvalue weighted by atomic mass is 32.2.